The highest BCUT2D eigenvalue weighted by molar-refractivity contribution is 4.91. The summed E-state index contributed by atoms with van der Waals surface area (Å²) in [7, 11) is 1.53. The van der Waals surface area contributed by atoms with E-state index in [0.717, 1.165) is 51.6 Å². The Labute approximate surface area is 195 Å². The standard InChI is InChI=1S/C23H38N4O6/c1-30-23-22(32-15-7-3-5-11-27-13-9-25-18-27)21(20(29)19(16-28)33-23)31-14-6-2-4-10-26-12-8-24-17-26/h8-9,12-13,17-23,28-29H,2-7,10-11,14-16H2,1H3/t19-,20-,21+,22-,23+/m1/s1. The Kier molecular flexibility index (Phi) is 11.3. The summed E-state index contributed by atoms with van der Waals surface area (Å²) in [5.41, 5.74) is 0. The maximum Gasteiger partial charge on any atom is 0.186 e. The molecule has 1 fully saturated rings. The Morgan fingerprint density at radius 2 is 1.42 bits per heavy atom. The minimum absolute atomic E-state index is 0.313. The van der Waals surface area contributed by atoms with Crippen molar-refractivity contribution in [2.45, 2.75) is 82.3 Å². The van der Waals surface area contributed by atoms with Gasteiger partial charge in [0.15, 0.2) is 6.29 Å². The van der Waals surface area contributed by atoms with Crippen LogP contribution in [0.15, 0.2) is 37.4 Å². The van der Waals surface area contributed by atoms with E-state index >= 15 is 0 Å². The first-order chi connectivity index (χ1) is 16.2. The number of aromatic nitrogens is 4. The highest BCUT2D eigenvalue weighted by Gasteiger charge is 2.46. The molecule has 0 aliphatic carbocycles. The fourth-order valence-corrected chi connectivity index (χ4v) is 4.02. The maximum absolute atomic E-state index is 10.7. The van der Waals surface area contributed by atoms with Crippen LogP contribution < -0.4 is 0 Å². The van der Waals surface area contributed by atoms with E-state index in [2.05, 4.69) is 19.1 Å². The van der Waals surface area contributed by atoms with Gasteiger partial charge < -0.3 is 38.3 Å². The SMILES string of the molecule is CO[C@H]1O[C@H](CO)[C@@H](O)[C@H](OCCCCCn2ccnc2)[C@H]1OCCCCCn1ccnc1. The Balaban J connectivity index is 1.41. The van der Waals surface area contributed by atoms with Crippen molar-refractivity contribution in [3.8, 4) is 0 Å². The lowest BCUT2D eigenvalue weighted by atomic mass is 9.98. The molecule has 0 radical (unpaired) electrons. The highest BCUT2D eigenvalue weighted by atomic mass is 16.7. The van der Waals surface area contributed by atoms with Crippen molar-refractivity contribution in [2.24, 2.45) is 0 Å². The summed E-state index contributed by atoms with van der Waals surface area (Å²) in [6.07, 6.45) is 13.2. The van der Waals surface area contributed by atoms with Crippen molar-refractivity contribution >= 4 is 0 Å². The minimum atomic E-state index is -0.987. The van der Waals surface area contributed by atoms with Gasteiger partial charge in [-0.15, -0.1) is 0 Å². The van der Waals surface area contributed by atoms with E-state index in [9.17, 15) is 10.2 Å². The molecule has 0 spiro atoms. The second kappa shape index (κ2) is 14.4. The zero-order valence-electron chi connectivity index (χ0n) is 19.4. The van der Waals surface area contributed by atoms with E-state index in [-0.39, 0.29) is 6.61 Å². The number of imidazole rings is 2. The summed E-state index contributed by atoms with van der Waals surface area (Å²) in [4.78, 5) is 8.10. The topological polar surface area (TPSA) is 113 Å². The van der Waals surface area contributed by atoms with Crippen molar-refractivity contribution < 1.29 is 29.2 Å². The van der Waals surface area contributed by atoms with Crippen LogP contribution >= 0.6 is 0 Å². The first-order valence-corrected chi connectivity index (χ1v) is 11.8. The molecule has 0 aromatic carbocycles. The summed E-state index contributed by atoms with van der Waals surface area (Å²) < 4.78 is 27.4. The molecule has 0 saturated carbocycles. The number of hydrogen-bond acceptors (Lipinski definition) is 8. The Hall–Kier alpha value is -1.82. The van der Waals surface area contributed by atoms with Crippen molar-refractivity contribution in [3.63, 3.8) is 0 Å². The Bertz CT molecular complexity index is 729. The van der Waals surface area contributed by atoms with Gasteiger partial charge in [0.25, 0.3) is 0 Å². The number of aryl methyl sites for hydroxylation is 2. The van der Waals surface area contributed by atoms with E-state index < -0.39 is 30.7 Å². The lowest BCUT2D eigenvalue weighted by Gasteiger charge is -2.43. The predicted octanol–water partition coefficient (Wildman–Crippen LogP) is 1.62. The fourth-order valence-electron chi connectivity index (χ4n) is 4.02. The monoisotopic (exact) mass is 466 g/mol. The van der Waals surface area contributed by atoms with Crippen molar-refractivity contribution in [1.29, 1.82) is 0 Å². The van der Waals surface area contributed by atoms with Crippen LogP contribution in [0.3, 0.4) is 0 Å². The molecule has 10 heteroatoms. The van der Waals surface area contributed by atoms with Gasteiger partial charge in [-0.05, 0) is 38.5 Å². The molecule has 10 nitrogen and oxygen atoms in total. The number of hydrogen-bond donors (Lipinski definition) is 2. The van der Waals surface area contributed by atoms with E-state index in [1.807, 2.05) is 25.0 Å². The molecule has 0 unspecified atom stereocenters. The van der Waals surface area contributed by atoms with Gasteiger partial charge in [-0.25, -0.2) is 9.97 Å². The third-order valence-corrected chi connectivity index (χ3v) is 5.89. The maximum atomic E-state index is 10.7. The van der Waals surface area contributed by atoms with Crippen LogP contribution in [0.2, 0.25) is 0 Å². The molecule has 0 bridgehead atoms. The van der Waals surface area contributed by atoms with Crippen LogP contribution in [-0.4, -0.2) is 87.0 Å². The van der Waals surface area contributed by atoms with Gasteiger partial charge in [0.1, 0.15) is 24.4 Å². The molecule has 5 atom stereocenters. The number of ether oxygens (including phenoxy) is 4. The van der Waals surface area contributed by atoms with Crippen LogP contribution in [0, 0.1) is 0 Å². The third-order valence-electron chi connectivity index (χ3n) is 5.89. The number of aliphatic hydroxyl groups excluding tert-OH is 2. The zero-order chi connectivity index (χ0) is 23.3. The molecule has 2 aromatic heterocycles. The predicted molar refractivity (Wildman–Crippen MR) is 120 cm³/mol. The van der Waals surface area contributed by atoms with Gasteiger partial charge in [-0.3, -0.25) is 0 Å². The minimum Gasteiger partial charge on any atom is -0.394 e. The third kappa shape index (κ3) is 8.16. The molecule has 2 aromatic rings. The first kappa shape index (κ1) is 25.8. The number of nitrogens with zero attached hydrogens (tertiary/aromatic N) is 4. The summed E-state index contributed by atoms with van der Waals surface area (Å²) in [6.45, 7) is 2.54. The molecule has 1 aliphatic rings. The van der Waals surface area contributed by atoms with Crippen LogP contribution in [0.4, 0.5) is 0 Å². The molecule has 186 valence electrons. The summed E-state index contributed by atoms with van der Waals surface area (Å²) in [5.74, 6) is 0. The largest absolute Gasteiger partial charge is 0.394 e. The lowest BCUT2D eigenvalue weighted by Crippen LogP contribution is -2.60. The van der Waals surface area contributed by atoms with Crippen LogP contribution in [0.5, 0.6) is 0 Å². The van der Waals surface area contributed by atoms with Gasteiger partial charge >= 0.3 is 0 Å². The molecule has 1 saturated heterocycles. The summed E-state index contributed by atoms with van der Waals surface area (Å²) in [6, 6.07) is 0. The van der Waals surface area contributed by atoms with E-state index in [0.29, 0.717) is 13.2 Å². The Morgan fingerprint density at radius 1 is 0.848 bits per heavy atom. The highest BCUT2D eigenvalue weighted by Crippen LogP contribution is 2.27. The van der Waals surface area contributed by atoms with Crippen molar-refractivity contribution in [2.75, 3.05) is 26.9 Å². The quantitative estimate of drug-likeness (QED) is 0.359. The molecule has 3 heterocycles. The van der Waals surface area contributed by atoms with E-state index in [4.69, 9.17) is 18.9 Å². The first-order valence-electron chi connectivity index (χ1n) is 11.8. The molecular weight excluding hydrogens is 428 g/mol. The van der Waals surface area contributed by atoms with Crippen molar-refractivity contribution in [3.05, 3.63) is 37.4 Å². The average molecular weight is 467 g/mol. The van der Waals surface area contributed by atoms with Crippen molar-refractivity contribution in [1.82, 2.24) is 19.1 Å². The Morgan fingerprint density at radius 3 is 1.91 bits per heavy atom. The van der Waals surface area contributed by atoms with Crippen LogP contribution in [0.25, 0.3) is 0 Å². The van der Waals surface area contributed by atoms with Gasteiger partial charge in [-0.2, -0.15) is 0 Å². The normalized spacial score (nSPS) is 25.5. The second-order valence-corrected chi connectivity index (χ2v) is 8.34. The van der Waals surface area contributed by atoms with Gasteiger partial charge in [0.2, 0.25) is 0 Å². The van der Waals surface area contributed by atoms with Crippen LogP contribution in [-0.2, 0) is 32.0 Å². The second-order valence-electron chi connectivity index (χ2n) is 8.34. The number of unbranched alkanes of at least 4 members (excludes halogenated alkanes) is 4. The number of aliphatic hydroxyl groups is 2. The molecule has 1 aliphatic heterocycles. The van der Waals surface area contributed by atoms with Gasteiger partial charge in [0.05, 0.1) is 19.3 Å². The van der Waals surface area contributed by atoms with E-state index in [1.165, 1.54) is 7.11 Å². The molecule has 0 amide bonds. The van der Waals surface area contributed by atoms with Gasteiger partial charge in [0, 0.05) is 58.2 Å². The molecular formula is C23H38N4O6. The lowest BCUT2D eigenvalue weighted by molar-refractivity contribution is -0.310. The molecule has 3 rings (SSSR count). The van der Waals surface area contributed by atoms with Gasteiger partial charge in [-0.1, -0.05) is 0 Å². The molecule has 33 heavy (non-hydrogen) atoms. The zero-order valence-corrected chi connectivity index (χ0v) is 19.4. The smallest absolute Gasteiger partial charge is 0.186 e. The summed E-state index contributed by atoms with van der Waals surface area (Å²) >= 11 is 0. The number of rotatable bonds is 16. The molecule has 2 N–H and O–H groups in total. The fraction of sp³-hybridized carbons (Fsp3) is 0.739. The van der Waals surface area contributed by atoms with E-state index in [1.54, 1.807) is 12.4 Å². The van der Waals surface area contributed by atoms with Crippen LogP contribution in [0.1, 0.15) is 38.5 Å². The number of methoxy groups -OCH3 is 1. The average Bonchev–Trinajstić information content (AvgIpc) is 3.54. The summed E-state index contributed by atoms with van der Waals surface area (Å²) in [5, 5.41) is 20.3.